The van der Waals surface area contributed by atoms with Gasteiger partial charge < -0.3 is 19.9 Å². The van der Waals surface area contributed by atoms with Crippen LogP contribution in [0.3, 0.4) is 0 Å². The predicted molar refractivity (Wildman–Crippen MR) is 116 cm³/mol. The summed E-state index contributed by atoms with van der Waals surface area (Å²) in [6, 6.07) is 10.5. The van der Waals surface area contributed by atoms with E-state index in [4.69, 9.17) is 21.7 Å². The van der Waals surface area contributed by atoms with Gasteiger partial charge in [0.2, 0.25) is 0 Å². The van der Waals surface area contributed by atoms with Crippen LogP contribution in [0.15, 0.2) is 47.7 Å². The Labute approximate surface area is 175 Å². The van der Waals surface area contributed by atoms with E-state index in [1.165, 1.54) is 20.3 Å². The Bertz CT molecular complexity index is 996. The molecular formula is C22H24N2O4S. The van der Waals surface area contributed by atoms with Crippen molar-refractivity contribution in [2.24, 2.45) is 0 Å². The van der Waals surface area contributed by atoms with Crippen molar-refractivity contribution in [3.05, 3.63) is 64.4 Å². The number of rotatable bonds is 4. The number of allylic oxidation sites excluding steroid dienone is 1. The summed E-state index contributed by atoms with van der Waals surface area (Å²) >= 11 is 5.66. The molecule has 29 heavy (non-hydrogen) atoms. The van der Waals surface area contributed by atoms with Gasteiger partial charge in [0.25, 0.3) is 0 Å². The predicted octanol–water partition coefficient (Wildman–Crippen LogP) is 3.90. The van der Waals surface area contributed by atoms with Crippen molar-refractivity contribution in [2.75, 3.05) is 19.1 Å². The molecule has 0 aliphatic carbocycles. The van der Waals surface area contributed by atoms with Crippen molar-refractivity contribution >= 4 is 29.0 Å². The molecule has 3 rings (SSSR count). The van der Waals surface area contributed by atoms with Crippen LogP contribution in [0.2, 0.25) is 0 Å². The average Bonchev–Trinajstić information content (AvgIpc) is 2.66. The van der Waals surface area contributed by atoms with E-state index in [1.807, 2.05) is 37.8 Å². The molecule has 0 unspecified atom stereocenters. The summed E-state index contributed by atoms with van der Waals surface area (Å²) in [5.74, 6) is -0.121. The SMILES string of the molecule is COC(=O)C1=C(C)N(c2cc(C)cc(C)c2)C(=S)N[C@@H]1c1ccc(O)c(OC)c1. The Morgan fingerprint density at radius 2 is 1.76 bits per heavy atom. The third-order valence-corrected chi connectivity index (χ3v) is 5.19. The highest BCUT2D eigenvalue weighted by Gasteiger charge is 2.35. The number of carbonyl (C=O) groups excluding carboxylic acids is 1. The lowest BCUT2D eigenvalue weighted by Crippen LogP contribution is -2.48. The molecule has 2 aromatic carbocycles. The van der Waals surface area contributed by atoms with Gasteiger partial charge in [-0.05, 0) is 73.9 Å². The molecule has 6 nitrogen and oxygen atoms in total. The highest BCUT2D eigenvalue weighted by atomic mass is 32.1. The minimum atomic E-state index is -0.536. The number of thiocarbonyl (C=S) groups is 1. The second-order valence-electron chi connectivity index (χ2n) is 6.99. The van der Waals surface area contributed by atoms with Crippen molar-refractivity contribution < 1.29 is 19.4 Å². The van der Waals surface area contributed by atoms with E-state index in [2.05, 4.69) is 11.4 Å². The van der Waals surface area contributed by atoms with Gasteiger partial charge in [-0.15, -0.1) is 0 Å². The number of nitrogens with one attached hydrogen (secondary N) is 1. The molecule has 1 aliphatic heterocycles. The fraction of sp³-hybridized carbons (Fsp3) is 0.273. The molecule has 0 fully saturated rings. The van der Waals surface area contributed by atoms with Crippen LogP contribution in [0.25, 0.3) is 0 Å². The fourth-order valence-electron chi connectivity index (χ4n) is 3.63. The highest BCUT2D eigenvalue weighted by Crippen LogP contribution is 2.37. The van der Waals surface area contributed by atoms with Crippen LogP contribution in [0.1, 0.15) is 29.7 Å². The van der Waals surface area contributed by atoms with E-state index in [9.17, 15) is 9.90 Å². The van der Waals surface area contributed by atoms with Crippen LogP contribution in [0.5, 0.6) is 11.5 Å². The molecule has 0 saturated carbocycles. The van der Waals surface area contributed by atoms with E-state index < -0.39 is 12.0 Å². The molecule has 2 aromatic rings. The second kappa shape index (κ2) is 8.13. The lowest BCUT2D eigenvalue weighted by Gasteiger charge is -2.37. The lowest BCUT2D eigenvalue weighted by atomic mass is 9.94. The van der Waals surface area contributed by atoms with Gasteiger partial charge in [-0.2, -0.15) is 0 Å². The zero-order valence-corrected chi connectivity index (χ0v) is 17.9. The minimum absolute atomic E-state index is 0.0202. The quantitative estimate of drug-likeness (QED) is 0.583. The molecular weight excluding hydrogens is 388 g/mol. The van der Waals surface area contributed by atoms with Gasteiger partial charge >= 0.3 is 5.97 Å². The van der Waals surface area contributed by atoms with Crippen LogP contribution in [-0.2, 0) is 9.53 Å². The topological polar surface area (TPSA) is 71.0 Å². The molecule has 0 saturated heterocycles. The van der Waals surface area contributed by atoms with Gasteiger partial charge in [-0.3, -0.25) is 4.90 Å². The first kappa shape index (κ1) is 20.7. The average molecular weight is 413 g/mol. The molecule has 0 spiro atoms. The fourth-order valence-corrected chi connectivity index (χ4v) is 3.99. The molecule has 1 atom stereocenters. The molecule has 0 amide bonds. The summed E-state index contributed by atoms with van der Waals surface area (Å²) in [5, 5.41) is 13.6. The van der Waals surface area contributed by atoms with Crippen molar-refractivity contribution in [1.29, 1.82) is 0 Å². The maximum absolute atomic E-state index is 12.7. The third-order valence-electron chi connectivity index (χ3n) is 4.89. The number of benzene rings is 2. The Kier molecular flexibility index (Phi) is 5.79. The first-order valence-corrected chi connectivity index (χ1v) is 9.52. The zero-order chi connectivity index (χ0) is 21.3. The van der Waals surface area contributed by atoms with Gasteiger partial charge in [0.05, 0.1) is 25.8 Å². The largest absolute Gasteiger partial charge is 0.504 e. The number of carbonyl (C=O) groups is 1. The standard InChI is InChI=1S/C22H24N2O4S/c1-12-8-13(2)10-16(9-12)24-14(3)19(21(26)28-5)20(23-22(24)29)15-6-7-17(25)18(11-15)27-4/h6-11,20,25H,1-5H3,(H,23,29)/t20-/m1/s1. The Morgan fingerprint density at radius 1 is 1.10 bits per heavy atom. The molecule has 0 aromatic heterocycles. The number of hydrogen-bond acceptors (Lipinski definition) is 5. The summed E-state index contributed by atoms with van der Waals surface area (Å²) in [7, 11) is 2.83. The Hall–Kier alpha value is -3.06. The molecule has 7 heteroatoms. The number of ether oxygens (including phenoxy) is 2. The van der Waals surface area contributed by atoms with E-state index in [-0.39, 0.29) is 5.75 Å². The molecule has 1 heterocycles. The summed E-state index contributed by atoms with van der Waals surface area (Å²) in [4.78, 5) is 14.6. The van der Waals surface area contributed by atoms with Crippen molar-refractivity contribution in [1.82, 2.24) is 5.32 Å². The maximum atomic E-state index is 12.7. The van der Waals surface area contributed by atoms with Crippen LogP contribution < -0.4 is 15.0 Å². The number of esters is 1. The van der Waals surface area contributed by atoms with Crippen LogP contribution in [0.4, 0.5) is 5.69 Å². The number of hydrogen-bond donors (Lipinski definition) is 2. The van der Waals surface area contributed by atoms with E-state index >= 15 is 0 Å². The van der Waals surface area contributed by atoms with Crippen LogP contribution in [0, 0.1) is 13.8 Å². The normalized spacial score (nSPS) is 16.5. The van der Waals surface area contributed by atoms with Gasteiger partial charge in [0, 0.05) is 11.4 Å². The number of aryl methyl sites for hydroxylation is 2. The Morgan fingerprint density at radius 3 is 2.34 bits per heavy atom. The summed E-state index contributed by atoms with van der Waals surface area (Å²) in [6.07, 6.45) is 0. The van der Waals surface area contributed by atoms with Gasteiger partial charge in [0.15, 0.2) is 16.6 Å². The Balaban J connectivity index is 2.17. The van der Waals surface area contributed by atoms with E-state index in [0.29, 0.717) is 22.1 Å². The lowest BCUT2D eigenvalue weighted by molar-refractivity contribution is -0.136. The summed E-state index contributed by atoms with van der Waals surface area (Å²) in [6.45, 7) is 5.88. The van der Waals surface area contributed by atoms with Crippen molar-refractivity contribution in [3.63, 3.8) is 0 Å². The minimum Gasteiger partial charge on any atom is -0.504 e. The number of phenols is 1. The zero-order valence-electron chi connectivity index (χ0n) is 17.1. The number of methoxy groups -OCH3 is 2. The monoisotopic (exact) mass is 412 g/mol. The molecule has 152 valence electrons. The van der Waals surface area contributed by atoms with Crippen LogP contribution in [-0.4, -0.2) is 30.4 Å². The number of anilines is 1. The van der Waals surface area contributed by atoms with E-state index in [1.54, 1.807) is 12.1 Å². The van der Waals surface area contributed by atoms with Crippen molar-refractivity contribution in [3.8, 4) is 11.5 Å². The smallest absolute Gasteiger partial charge is 0.337 e. The second-order valence-corrected chi connectivity index (χ2v) is 7.37. The molecule has 0 radical (unpaired) electrons. The molecule has 0 bridgehead atoms. The van der Waals surface area contributed by atoms with Gasteiger partial charge in [0.1, 0.15) is 0 Å². The third kappa shape index (κ3) is 3.91. The number of aromatic hydroxyl groups is 1. The summed E-state index contributed by atoms with van der Waals surface area (Å²) < 4.78 is 10.3. The van der Waals surface area contributed by atoms with Crippen LogP contribution >= 0.6 is 12.2 Å². The summed E-state index contributed by atoms with van der Waals surface area (Å²) in [5.41, 5.74) is 4.92. The maximum Gasteiger partial charge on any atom is 0.337 e. The van der Waals surface area contributed by atoms with E-state index in [0.717, 1.165) is 22.4 Å². The van der Waals surface area contributed by atoms with Gasteiger partial charge in [-0.25, -0.2) is 4.79 Å². The highest BCUT2D eigenvalue weighted by molar-refractivity contribution is 7.80. The van der Waals surface area contributed by atoms with Gasteiger partial charge in [-0.1, -0.05) is 12.1 Å². The number of nitrogens with zero attached hydrogens (tertiary/aromatic N) is 1. The molecule has 1 aliphatic rings. The van der Waals surface area contributed by atoms with Crippen molar-refractivity contribution in [2.45, 2.75) is 26.8 Å². The number of phenolic OH excluding ortho intramolecular Hbond substituents is 1. The first-order chi connectivity index (χ1) is 13.8. The first-order valence-electron chi connectivity index (χ1n) is 9.11. The molecule has 2 N–H and O–H groups in total.